The molecule has 2 aromatic rings. The van der Waals surface area contributed by atoms with Gasteiger partial charge >= 0.3 is 6.09 Å². The predicted octanol–water partition coefficient (Wildman–Crippen LogP) is -0.622. The lowest BCUT2D eigenvalue weighted by Crippen LogP contribution is -2.55. The van der Waals surface area contributed by atoms with Gasteiger partial charge in [0.1, 0.15) is 29.5 Å². The summed E-state index contributed by atoms with van der Waals surface area (Å²) in [6, 6.07) is 3.86. The minimum absolute atomic E-state index is 0.0147. The van der Waals surface area contributed by atoms with Gasteiger partial charge in [-0.25, -0.2) is 4.79 Å². The molecule has 4 heterocycles. The maximum Gasteiger partial charge on any atom is 0.404 e. The van der Waals surface area contributed by atoms with E-state index in [0.29, 0.717) is 12.2 Å². The summed E-state index contributed by atoms with van der Waals surface area (Å²) in [5, 5.41) is 47.4. The van der Waals surface area contributed by atoms with E-state index in [4.69, 9.17) is 40.9 Å². The second-order valence-electron chi connectivity index (χ2n) is 16.6. The first kappa shape index (κ1) is 42.9. The number of carbonyl (C=O) groups excluding carboxylic acids is 6. The molecule has 4 aliphatic heterocycles. The summed E-state index contributed by atoms with van der Waals surface area (Å²) in [4.78, 5) is 78.0. The Morgan fingerprint density at radius 3 is 2.35 bits per heavy atom. The number of hydrogen-bond acceptors (Lipinski definition) is 19. The number of nitrogens with two attached hydrogens (primary N) is 3. The number of hydrogen-bond donors (Lipinski definition) is 8. The Bertz CT molecular complexity index is 2440. The van der Waals surface area contributed by atoms with Crippen molar-refractivity contribution in [1.29, 1.82) is 0 Å². The number of benzene rings is 2. The molecule has 11 N–H and O–H groups in total. The third kappa shape index (κ3) is 6.15. The molecule has 9 rings (SSSR count). The highest BCUT2D eigenvalue weighted by atomic mass is 16.7. The van der Waals surface area contributed by atoms with Crippen molar-refractivity contribution in [1.82, 2.24) is 10.2 Å². The summed E-state index contributed by atoms with van der Waals surface area (Å²) in [6.45, 7) is 4.71. The Morgan fingerprint density at radius 1 is 1.03 bits per heavy atom. The molecule has 7 aliphatic rings. The van der Waals surface area contributed by atoms with E-state index in [0.717, 1.165) is 0 Å². The van der Waals surface area contributed by atoms with Gasteiger partial charge in [-0.2, -0.15) is 0 Å². The number of aromatic hydroxyl groups is 2. The molecular formula is C42H47N5O15. The van der Waals surface area contributed by atoms with Crippen LogP contribution in [0.1, 0.15) is 82.7 Å². The van der Waals surface area contributed by atoms with Crippen molar-refractivity contribution in [2.75, 3.05) is 27.4 Å². The van der Waals surface area contributed by atoms with E-state index >= 15 is 0 Å². The first-order chi connectivity index (χ1) is 29.2. The zero-order valence-electron chi connectivity index (χ0n) is 34.3. The lowest BCUT2D eigenvalue weighted by molar-refractivity contribution is -0.247. The van der Waals surface area contributed by atoms with Crippen molar-refractivity contribution in [3.63, 3.8) is 0 Å². The number of aliphatic hydroxyl groups excluding tert-OH is 1. The number of nitrogens with zero attached hydrogens (tertiary/aromatic N) is 1. The van der Waals surface area contributed by atoms with E-state index in [1.165, 1.54) is 46.3 Å². The van der Waals surface area contributed by atoms with Crippen LogP contribution in [0, 0.1) is 5.92 Å². The number of piperazine rings is 1. The van der Waals surface area contributed by atoms with Crippen LogP contribution in [-0.4, -0.2) is 136 Å². The fourth-order valence-electron chi connectivity index (χ4n) is 9.97. The molecule has 20 heteroatoms. The van der Waals surface area contributed by atoms with Gasteiger partial charge in [-0.05, 0) is 26.8 Å². The highest BCUT2D eigenvalue weighted by molar-refractivity contribution is 6.31. The number of phenols is 2. The number of phenolic OH excluding ortho intramolecular Hbond substituents is 2. The summed E-state index contributed by atoms with van der Waals surface area (Å²) >= 11 is 0. The summed E-state index contributed by atoms with van der Waals surface area (Å²) in [7, 11) is 2.86. The van der Waals surface area contributed by atoms with Gasteiger partial charge in [0.25, 0.3) is 0 Å². The van der Waals surface area contributed by atoms with Gasteiger partial charge in [0, 0.05) is 72.8 Å². The molecule has 10 atom stereocenters. The van der Waals surface area contributed by atoms with Gasteiger partial charge in [-0.1, -0.05) is 12.1 Å². The number of carbonyl (C=O) groups is 6. The molecule has 0 spiro atoms. The van der Waals surface area contributed by atoms with Crippen molar-refractivity contribution in [3.05, 3.63) is 74.1 Å². The molecule has 20 nitrogen and oxygen atoms in total. The zero-order valence-corrected chi connectivity index (χ0v) is 34.3. The number of amides is 1. The monoisotopic (exact) mass is 861 g/mol. The molecular weight excluding hydrogens is 814 g/mol. The Labute approximate surface area is 353 Å². The molecule has 62 heavy (non-hydrogen) atoms. The molecule has 0 unspecified atom stereocenters. The number of rotatable bonds is 7. The quantitative estimate of drug-likeness (QED) is 0.0833. The predicted molar refractivity (Wildman–Crippen MR) is 210 cm³/mol. The number of nitrogens with one attached hydrogen (secondary N) is 1. The Hall–Kier alpha value is -5.74. The summed E-state index contributed by atoms with van der Waals surface area (Å²) < 4.78 is 27.8. The molecule has 0 radical (unpaired) electrons. The number of methoxy groups -OCH3 is 2. The van der Waals surface area contributed by atoms with Crippen molar-refractivity contribution in [2.45, 2.75) is 94.1 Å². The van der Waals surface area contributed by atoms with Crippen LogP contribution in [0.5, 0.6) is 17.2 Å². The van der Waals surface area contributed by atoms with Gasteiger partial charge in [0.05, 0.1) is 65.5 Å². The maximum absolute atomic E-state index is 13.6. The molecule has 330 valence electrons. The first-order valence-electron chi connectivity index (χ1n) is 19.9. The van der Waals surface area contributed by atoms with Crippen LogP contribution in [0.15, 0.2) is 40.7 Å². The number of ether oxygens (including phenoxy) is 5. The summed E-state index contributed by atoms with van der Waals surface area (Å²) in [5.41, 5.74) is 13.6. The lowest BCUT2D eigenvalue weighted by atomic mass is 9.72. The Kier molecular flexibility index (Phi) is 10.4. The van der Waals surface area contributed by atoms with Crippen LogP contribution in [0.3, 0.4) is 0 Å². The van der Waals surface area contributed by atoms with E-state index in [2.05, 4.69) is 5.32 Å². The number of primary amides is 1. The fraction of sp³-hybridized carbons (Fsp3) is 0.476. The second-order valence-corrected chi connectivity index (χ2v) is 16.6. The minimum atomic E-state index is -2.00. The molecule has 0 aromatic heterocycles. The summed E-state index contributed by atoms with van der Waals surface area (Å²) in [6.07, 6.45) is -5.48. The van der Waals surface area contributed by atoms with Crippen LogP contribution >= 0.6 is 0 Å². The molecule has 0 saturated carbocycles. The third-order valence-electron chi connectivity index (χ3n) is 13.3. The number of fused-ring (bicyclic) bond motifs is 7. The van der Waals surface area contributed by atoms with Crippen LogP contribution in [0.25, 0.3) is 0 Å². The molecule has 3 fully saturated rings. The molecule has 3 aliphatic carbocycles. The van der Waals surface area contributed by atoms with E-state index < -0.39 is 106 Å². The number of Topliss-reactive ketones (excluding diaryl/α,β-unsaturated/α-hetero) is 3. The standard InChI is InChI=1S/C27H29NO10.C15H18N4O5/c1-10-22(30)14(28)7-17(37-10)38-16-9-27(35,11(2)29)8-13-19(16)26(34)21-20(24(13)32)23(31)12-5-4-6-15(36-3)18(12)25(21)33;1-5-9(16)12(21)8-6(4-24-14(17)22)15(23-2)13-7(18-13)3-19(15)10(8)11(5)20/h4-6,10,14,16-17,22,30,32,34-35H,7-9,28H2,1-3H3;6-7,13,18H,3-4,16H2,1-2H3,(H2,17,22)/t10-,14-,16-,17-,22+,27-;6-,7+,13+,15-/m01/s1. The highest BCUT2D eigenvalue weighted by Gasteiger charge is 2.72. The Morgan fingerprint density at radius 2 is 1.73 bits per heavy atom. The van der Waals surface area contributed by atoms with E-state index in [1.807, 2.05) is 4.90 Å². The van der Waals surface area contributed by atoms with Crippen molar-refractivity contribution < 1.29 is 72.9 Å². The molecule has 1 amide bonds. The van der Waals surface area contributed by atoms with E-state index in [9.17, 15) is 49.2 Å². The van der Waals surface area contributed by atoms with Crippen molar-refractivity contribution >= 4 is 35.0 Å². The van der Waals surface area contributed by atoms with Crippen molar-refractivity contribution in [2.24, 2.45) is 23.1 Å². The smallest absolute Gasteiger partial charge is 0.404 e. The second kappa shape index (κ2) is 15.0. The average molecular weight is 862 g/mol. The number of ketones is 5. The lowest BCUT2D eigenvalue weighted by Gasteiger charge is -2.42. The fourth-order valence-corrected chi connectivity index (χ4v) is 9.97. The average Bonchev–Trinajstić information content (AvgIpc) is 3.85. The van der Waals surface area contributed by atoms with Crippen LogP contribution in [-0.2, 0) is 39.8 Å². The number of aliphatic hydroxyl groups is 2. The van der Waals surface area contributed by atoms with Crippen molar-refractivity contribution in [3.8, 4) is 17.2 Å². The van der Waals surface area contributed by atoms with Gasteiger partial charge < -0.3 is 71.5 Å². The van der Waals surface area contributed by atoms with Gasteiger partial charge in [-0.15, -0.1) is 0 Å². The normalized spacial score (nSPS) is 32.8. The summed E-state index contributed by atoms with van der Waals surface area (Å²) in [5.74, 6) is -4.52. The first-order valence-corrected chi connectivity index (χ1v) is 19.9. The largest absolute Gasteiger partial charge is 0.507 e. The molecule has 3 saturated heterocycles. The number of allylic oxidation sites excluding steroid dienone is 2. The maximum atomic E-state index is 13.6. The SMILES string of the molecule is CO[C@@]12[C@H](COC(N)=O)C3=C(C(=O)C(C)=C(N)C3=O)N1C[C@@H]1N[C@@H]12.COc1cccc2c1C(=O)c1c(O)c3c(c(O)c1C2=O)C[C@@](O)(C(C)=O)C[C@@H]3O[C@H]1C[C@H](N)[C@H](O)[C@H](C)O1. The van der Waals surface area contributed by atoms with Gasteiger partial charge in [-0.3, -0.25) is 24.0 Å². The zero-order chi connectivity index (χ0) is 45.1. The Balaban J connectivity index is 0.000000189. The van der Waals surface area contributed by atoms with E-state index in [1.54, 1.807) is 6.92 Å². The van der Waals surface area contributed by atoms with Crippen LogP contribution in [0.4, 0.5) is 4.79 Å². The van der Waals surface area contributed by atoms with E-state index in [-0.39, 0.29) is 82.2 Å². The van der Waals surface area contributed by atoms with Crippen LogP contribution < -0.4 is 27.3 Å². The molecule has 2 aromatic carbocycles. The van der Waals surface area contributed by atoms with Crippen LogP contribution in [0.2, 0.25) is 0 Å². The molecule has 0 bridgehead atoms. The highest BCUT2D eigenvalue weighted by Crippen LogP contribution is 2.56. The minimum Gasteiger partial charge on any atom is -0.507 e. The third-order valence-corrected chi connectivity index (χ3v) is 13.3. The topological polar surface area (TPSA) is 333 Å². The van der Waals surface area contributed by atoms with Gasteiger partial charge in [0.15, 0.2) is 23.6 Å². The van der Waals surface area contributed by atoms with Gasteiger partial charge in [0.2, 0.25) is 17.3 Å².